The van der Waals surface area contributed by atoms with Crippen molar-refractivity contribution >= 4 is 12.6 Å². The van der Waals surface area contributed by atoms with E-state index in [4.69, 9.17) is 0 Å². The Labute approximate surface area is 125 Å². The van der Waals surface area contributed by atoms with Gasteiger partial charge in [0.25, 0.3) is 0 Å². The maximum atomic E-state index is 4.68. The highest BCUT2D eigenvalue weighted by Crippen LogP contribution is 2.25. The van der Waals surface area contributed by atoms with Crippen LogP contribution in [0.3, 0.4) is 0 Å². The third-order valence-corrected chi connectivity index (χ3v) is 3.75. The first kappa shape index (κ1) is 18.0. The fraction of sp³-hybridized carbons (Fsp3) is 0.444. The molecule has 0 radical (unpaired) electrons. The van der Waals surface area contributed by atoms with Crippen LogP contribution in [0.4, 0.5) is 0 Å². The molecule has 0 amide bonds. The lowest BCUT2D eigenvalue weighted by atomic mass is 10.0. The molecule has 0 bridgehead atoms. The molecule has 0 saturated carbocycles. The van der Waals surface area contributed by atoms with E-state index in [1.165, 1.54) is 29.6 Å². The van der Waals surface area contributed by atoms with Crippen LogP contribution in [0.1, 0.15) is 53.4 Å². The second-order valence-electron chi connectivity index (χ2n) is 4.66. The Morgan fingerprint density at radius 1 is 1.21 bits per heavy atom. The molecule has 0 aliphatic carbocycles. The van der Waals surface area contributed by atoms with Gasteiger partial charge in [0.15, 0.2) is 0 Å². The maximum Gasteiger partial charge on any atom is 0.0102 e. The molecule has 0 aromatic rings. The second kappa shape index (κ2) is 10.9. The van der Waals surface area contributed by atoms with Gasteiger partial charge in [-0.15, -0.1) is 12.6 Å². The van der Waals surface area contributed by atoms with Gasteiger partial charge in [-0.25, -0.2) is 0 Å². The molecule has 0 aromatic heterocycles. The third-order valence-electron chi connectivity index (χ3n) is 3.11. The number of thiol groups is 1. The van der Waals surface area contributed by atoms with Crippen LogP contribution in [0.15, 0.2) is 58.6 Å². The van der Waals surface area contributed by atoms with Crippen LogP contribution in [-0.4, -0.2) is 0 Å². The fourth-order valence-corrected chi connectivity index (χ4v) is 2.06. The summed E-state index contributed by atoms with van der Waals surface area (Å²) in [5.74, 6) is 0. The number of allylic oxidation sites excluding steroid dienone is 8. The summed E-state index contributed by atoms with van der Waals surface area (Å²) in [6, 6.07) is 0. The van der Waals surface area contributed by atoms with Crippen LogP contribution in [0, 0.1) is 0 Å². The number of hydrogen-bond donors (Lipinski definition) is 1. The molecule has 106 valence electrons. The average Bonchev–Trinajstić information content (AvgIpc) is 2.44. The average molecular weight is 276 g/mol. The van der Waals surface area contributed by atoms with Crippen LogP contribution in [0.25, 0.3) is 0 Å². The maximum absolute atomic E-state index is 4.68. The van der Waals surface area contributed by atoms with E-state index in [9.17, 15) is 0 Å². The molecule has 0 heterocycles. The van der Waals surface area contributed by atoms with Gasteiger partial charge in [-0.1, -0.05) is 62.3 Å². The lowest BCUT2D eigenvalue weighted by molar-refractivity contribution is 0.814. The minimum absolute atomic E-state index is 0.916. The molecule has 0 aliphatic heterocycles. The summed E-state index contributed by atoms with van der Waals surface area (Å²) in [7, 11) is 0. The molecule has 0 aliphatic rings. The lowest BCUT2D eigenvalue weighted by Gasteiger charge is -2.09. The van der Waals surface area contributed by atoms with Crippen molar-refractivity contribution in [2.45, 2.75) is 53.4 Å². The van der Waals surface area contributed by atoms with E-state index in [1.807, 2.05) is 13.0 Å². The van der Waals surface area contributed by atoms with E-state index in [2.05, 4.69) is 64.3 Å². The van der Waals surface area contributed by atoms with Crippen molar-refractivity contribution in [3.63, 3.8) is 0 Å². The zero-order chi connectivity index (χ0) is 14.7. The van der Waals surface area contributed by atoms with Crippen molar-refractivity contribution in [2.75, 3.05) is 0 Å². The van der Waals surface area contributed by atoms with Crippen molar-refractivity contribution in [3.8, 4) is 0 Å². The smallest absolute Gasteiger partial charge is 0.0102 e. The minimum Gasteiger partial charge on any atom is -0.143 e. The first-order chi connectivity index (χ1) is 9.10. The van der Waals surface area contributed by atoms with Gasteiger partial charge in [0.1, 0.15) is 0 Å². The van der Waals surface area contributed by atoms with Gasteiger partial charge in [0.2, 0.25) is 0 Å². The highest BCUT2D eigenvalue weighted by atomic mass is 32.1. The van der Waals surface area contributed by atoms with Crippen LogP contribution in [-0.2, 0) is 0 Å². The van der Waals surface area contributed by atoms with Crippen LogP contribution < -0.4 is 0 Å². The zero-order valence-corrected chi connectivity index (χ0v) is 13.8. The summed E-state index contributed by atoms with van der Waals surface area (Å²) in [6.45, 7) is 12.3. The van der Waals surface area contributed by atoms with Gasteiger partial charge in [-0.2, -0.15) is 0 Å². The predicted molar refractivity (Wildman–Crippen MR) is 92.7 cm³/mol. The van der Waals surface area contributed by atoms with Gasteiger partial charge < -0.3 is 0 Å². The van der Waals surface area contributed by atoms with Gasteiger partial charge >= 0.3 is 0 Å². The quantitative estimate of drug-likeness (QED) is 0.296. The number of hydrogen-bond acceptors (Lipinski definition) is 1. The number of unbranched alkanes of at least 4 members (excludes halogenated alkanes) is 2. The Hall–Kier alpha value is -0.950. The molecule has 0 aromatic carbocycles. The van der Waals surface area contributed by atoms with E-state index in [1.54, 1.807) is 0 Å². The summed E-state index contributed by atoms with van der Waals surface area (Å²) >= 11 is 4.68. The summed E-state index contributed by atoms with van der Waals surface area (Å²) < 4.78 is 0. The Morgan fingerprint density at radius 3 is 2.37 bits per heavy atom. The molecule has 0 nitrogen and oxygen atoms in total. The second-order valence-corrected chi connectivity index (χ2v) is 5.11. The van der Waals surface area contributed by atoms with E-state index in [0.29, 0.717) is 0 Å². The van der Waals surface area contributed by atoms with Crippen molar-refractivity contribution in [3.05, 3.63) is 58.6 Å². The fourth-order valence-electron chi connectivity index (χ4n) is 1.77. The first-order valence-corrected chi connectivity index (χ1v) is 7.54. The largest absolute Gasteiger partial charge is 0.143 e. The molecule has 19 heavy (non-hydrogen) atoms. The molecule has 0 atom stereocenters. The summed E-state index contributed by atoms with van der Waals surface area (Å²) in [4.78, 5) is 1.08. The minimum atomic E-state index is 0.916. The molecule has 0 fully saturated rings. The van der Waals surface area contributed by atoms with Gasteiger partial charge in [-0.05, 0) is 44.8 Å². The van der Waals surface area contributed by atoms with Crippen molar-refractivity contribution < 1.29 is 0 Å². The highest BCUT2D eigenvalue weighted by Gasteiger charge is 2.03. The predicted octanol–water partition coefficient (Wildman–Crippen LogP) is 6.41. The van der Waals surface area contributed by atoms with Gasteiger partial charge in [-0.3, -0.25) is 0 Å². The highest BCUT2D eigenvalue weighted by molar-refractivity contribution is 7.84. The summed E-state index contributed by atoms with van der Waals surface area (Å²) in [6.07, 6.45) is 15.1. The Kier molecular flexibility index (Phi) is 10.4. The van der Waals surface area contributed by atoms with Crippen molar-refractivity contribution in [2.24, 2.45) is 0 Å². The Morgan fingerprint density at radius 2 is 1.89 bits per heavy atom. The topological polar surface area (TPSA) is 0 Å². The van der Waals surface area contributed by atoms with Gasteiger partial charge in [0, 0.05) is 4.91 Å². The molecular weight excluding hydrogens is 248 g/mol. The molecule has 0 rings (SSSR count). The van der Waals surface area contributed by atoms with Gasteiger partial charge in [0.05, 0.1) is 0 Å². The Balaban J connectivity index is 4.86. The standard InChI is InChI=1S/C18H28S/c1-6-10-11-12-13-17(9-4)18(19)15(5)14-16(7-2)8-3/h7-9,12-13,19H,2,6,10-11,14H2,1,3-5H3/b13-12-,16-8-,17-9?,18-15+. The zero-order valence-electron chi connectivity index (χ0n) is 12.9. The van der Waals surface area contributed by atoms with Crippen LogP contribution >= 0.6 is 12.6 Å². The third kappa shape index (κ3) is 7.27. The Bertz CT molecular complexity index is 392. The van der Waals surface area contributed by atoms with Crippen molar-refractivity contribution in [1.29, 1.82) is 0 Å². The van der Waals surface area contributed by atoms with Crippen molar-refractivity contribution in [1.82, 2.24) is 0 Å². The van der Waals surface area contributed by atoms with Crippen LogP contribution in [0.2, 0.25) is 0 Å². The van der Waals surface area contributed by atoms with E-state index in [0.717, 1.165) is 17.7 Å². The molecule has 0 saturated heterocycles. The summed E-state index contributed by atoms with van der Waals surface area (Å²) in [5.41, 5.74) is 3.73. The molecule has 0 unspecified atom stereocenters. The summed E-state index contributed by atoms with van der Waals surface area (Å²) in [5, 5.41) is 0. The number of rotatable bonds is 8. The van der Waals surface area contributed by atoms with E-state index < -0.39 is 0 Å². The normalized spacial score (nSPS) is 14.8. The van der Waals surface area contributed by atoms with E-state index >= 15 is 0 Å². The molecule has 0 spiro atoms. The molecular formula is C18H28S. The molecule has 1 heteroatoms. The first-order valence-electron chi connectivity index (χ1n) is 7.10. The van der Waals surface area contributed by atoms with E-state index in [-0.39, 0.29) is 0 Å². The lowest BCUT2D eigenvalue weighted by Crippen LogP contribution is -1.88. The van der Waals surface area contributed by atoms with Crippen LogP contribution in [0.5, 0.6) is 0 Å². The SMILES string of the molecule is C=C/C(=C/C)C/C(C)=C(/S)C(=CC)/C=C\CCCC. The molecule has 0 N–H and O–H groups in total. The monoisotopic (exact) mass is 276 g/mol.